The molecule has 0 aliphatic heterocycles. The van der Waals surface area contributed by atoms with Crippen molar-refractivity contribution in [3.05, 3.63) is 71.3 Å². The zero-order chi connectivity index (χ0) is 13.5. The molecule has 2 aromatic rings. The highest BCUT2D eigenvalue weighted by molar-refractivity contribution is 5.23. The number of aliphatic hydroxyl groups excluding tert-OH is 1. The number of rotatable bonds is 6. The summed E-state index contributed by atoms with van der Waals surface area (Å²) in [6, 6.07) is 18.7. The van der Waals surface area contributed by atoms with Crippen molar-refractivity contribution in [3.63, 3.8) is 0 Å². The van der Waals surface area contributed by atoms with Gasteiger partial charge < -0.3 is 5.11 Å². The Hall–Kier alpha value is -1.60. The molecule has 2 rings (SSSR count). The van der Waals surface area contributed by atoms with E-state index in [-0.39, 0.29) is 6.10 Å². The summed E-state index contributed by atoms with van der Waals surface area (Å²) in [6.45, 7) is 2.07. The fourth-order valence-corrected chi connectivity index (χ4v) is 2.27. The Morgan fingerprint density at radius 3 is 2.26 bits per heavy atom. The van der Waals surface area contributed by atoms with Crippen molar-refractivity contribution in [1.82, 2.24) is 0 Å². The lowest BCUT2D eigenvalue weighted by molar-refractivity contribution is 0.163. The van der Waals surface area contributed by atoms with Gasteiger partial charge in [0.2, 0.25) is 0 Å². The molecule has 1 heteroatoms. The Kier molecular flexibility index (Phi) is 5.17. The van der Waals surface area contributed by atoms with E-state index in [0.717, 1.165) is 31.2 Å². The van der Waals surface area contributed by atoms with Crippen molar-refractivity contribution in [2.75, 3.05) is 0 Å². The van der Waals surface area contributed by atoms with E-state index in [1.54, 1.807) is 0 Å². The summed E-state index contributed by atoms with van der Waals surface area (Å²) >= 11 is 0. The highest BCUT2D eigenvalue weighted by atomic mass is 16.3. The van der Waals surface area contributed by atoms with Crippen LogP contribution in [0, 0.1) is 6.92 Å². The minimum Gasteiger partial charge on any atom is -0.388 e. The van der Waals surface area contributed by atoms with Crippen LogP contribution < -0.4 is 0 Å². The molecule has 0 fully saturated rings. The molecule has 1 N–H and O–H groups in total. The van der Waals surface area contributed by atoms with E-state index >= 15 is 0 Å². The number of hydrogen-bond donors (Lipinski definition) is 1. The maximum absolute atomic E-state index is 10.1. The normalized spacial score (nSPS) is 12.3. The first-order valence-corrected chi connectivity index (χ1v) is 7.04. The van der Waals surface area contributed by atoms with Crippen molar-refractivity contribution in [2.24, 2.45) is 0 Å². The molecule has 1 nitrogen and oxygen atoms in total. The first kappa shape index (κ1) is 13.8. The molecule has 100 valence electrons. The van der Waals surface area contributed by atoms with E-state index in [2.05, 4.69) is 43.3 Å². The lowest BCUT2D eigenvalue weighted by Crippen LogP contribution is -1.98. The zero-order valence-electron chi connectivity index (χ0n) is 11.5. The summed E-state index contributed by atoms with van der Waals surface area (Å²) in [5.74, 6) is 0. The summed E-state index contributed by atoms with van der Waals surface area (Å²) < 4.78 is 0. The van der Waals surface area contributed by atoms with Gasteiger partial charge in [-0.1, -0.05) is 66.6 Å². The summed E-state index contributed by atoms with van der Waals surface area (Å²) in [7, 11) is 0. The fourth-order valence-electron chi connectivity index (χ4n) is 2.27. The van der Waals surface area contributed by atoms with Gasteiger partial charge in [0.1, 0.15) is 0 Å². The molecule has 19 heavy (non-hydrogen) atoms. The third-order valence-electron chi connectivity index (χ3n) is 3.50. The van der Waals surface area contributed by atoms with Gasteiger partial charge in [-0.2, -0.15) is 0 Å². The van der Waals surface area contributed by atoms with Crippen LogP contribution in [0.4, 0.5) is 0 Å². The Balaban J connectivity index is 1.72. The second kappa shape index (κ2) is 7.10. The molecule has 1 atom stereocenters. The highest BCUT2D eigenvalue weighted by Crippen LogP contribution is 2.20. The van der Waals surface area contributed by atoms with E-state index in [0.29, 0.717) is 0 Å². The first-order valence-electron chi connectivity index (χ1n) is 7.04. The summed E-state index contributed by atoms with van der Waals surface area (Å²) in [6.07, 6.45) is 3.81. The average Bonchev–Trinajstić information content (AvgIpc) is 2.45. The monoisotopic (exact) mass is 254 g/mol. The van der Waals surface area contributed by atoms with Gasteiger partial charge in [0.25, 0.3) is 0 Å². The Morgan fingerprint density at radius 1 is 0.895 bits per heavy atom. The molecule has 0 amide bonds. The first-order chi connectivity index (χ1) is 9.25. The molecular weight excluding hydrogens is 232 g/mol. The number of unbranched alkanes of at least 4 members (excludes halogenated alkanes) is 1. The molecule has 0 heterocycles. The lowest BCUT2D eigenvalue weighted by Gasteiger charge is -2.11. The highest BCUT2D eigenvalue weighted by Gasteiger charge is 2.06. The minimum atomic E-state index is -0.323. The second-order valence-electron chi connectivity index (χ2n) is 5.16. The van der Waals surface area contributed by atoms with E-state index in [1.807, 2.05) is 18.2 Å². The van der Waals surface area contributed by atoms with Crippen LogP contribution in [0.5, 0.6) is 0 Å². The maximum Gasteiger partial charge on any atom is 0.0790 e. The van der Waals surface area contributed by atoms with Gasteiger partial charge in [-0.3, -0.25) is 0 Å². The van der Waals surface area contributed by atoms with E-state index in [4.69, 9.17) is 0 Å². The van der Waals surface area contributed by atoms with Gasteiger partial charge in [-0.05, 0) is 37.3 Å². The predicted octanol–water partition coefficient (Wildman–Crippen LogP) is 4.44. The zero-order valence-corrected chi connectivity index (χ0v) is 11.5. The third kappa shape index (κ3) is 4.53. The molecule has 0 spiro atoms. The van der Waals surface area contributed by atoms with Crippen LogP contribution in [0.3, 0.4) is 0 Å². The molecule has 1 unspecified atom stereocenters. The largest absolute Gasteiger partial charge is 0.388 e. The van der Waals surface area contributed by atoms with E-state index < -0.39 is 0 Å². The van der Waals surface area contributed by atoms with Crippen LogP contribution in [0.25, 0.3) is 0 Å². The van der Waals surface area contributed by atoms with Gasteiger partial charge in [-0.25, -0.2) is 0 Å². The van der Waals surface area contributed by atoms with E-state index in [9.17, 15) is 5.11 Å². The standard InChI is InChI=1S/C18H22O/c1-15-11-13-17(14-12-15)18(19)10-6-5-9-16-7-3-2-4-8-16/h2-4,7-8,11-14,18-19H,5-6,9-10H2,1H3. The minimum absolute atomic E-state index is 0.323. The van der Waals surface area contributed by atoms with Gasteiger partial charge in [0, 0.05) is 0 Å². The summed E-state index contributed by atoms with van der Waals surface area (Å²) in [4.78, 5) is 0. The van der Waals surface area contributed by atoms with Crippen LogP contribution in [0.2, 0.25) is 0 Å². The van der Waals surface area contributed by atoms with Crippen LogP contribution >= 0.6 is 0 Å². The van der Waals surface area contributed by atoms with E-state index in [1.165, 1.54) is 11.1 Å². The quantitative estimate of drug-likeness (QED) is 0.755. The van der Waals surface area contributed by atoms with Crippen molar-refractivity contribution < 1.29 is 5.11 Å². The molecule has 0 aliphatic rings. The number of benzene rings is 2. The summed E-state index contributed by atoms with van der Waals surface area (Å²) in [5, 5.41) is 10.1. The predicted molar refractivity (Wildman–Crippen MR) is 80.1 cm³/mol. The van der Waals surface area contributed by atoms with Gasteiger partial charge in [-0.15, -0.1) is 0 Å². The Bertz CT molecular complexity index is 473. The van der Waals surface area contributed by atoms with Crippen LogP contribution in [-0.2, 0) is 6.42 Å². The maximum atomic E-state index is 10.1. The SMILES string of the molecule is Cc1ccc(C(O)CCCCc2ccccc2)cc1. The molecule has 0 radical (unpaired) electrons. The Labute approximate surface area is 115 Å². The molecule has 2 aromatic carbocycles. The number of hydrogen-bond acceptors (Lipinski definition) is 1. The topological polar surface area (TPSA) is 20.2 Å². The van der Waals surface area contributed by atoms with Crippen molar-refractivity contribution in [3.8, 4) is 0 Å². The smallest absolute Gasteiger partial charge is 0.0790 e. The fraction of sp³-hybridized carbons (Fsp3) is 0.333. The summed E-state index contributed by atoms with van der Waals surface area (Å²) in [5.41, 5.74) is 3.65. The third-order valence-corrected chi connectivity index (χ3v) is 3.50. The van der Waals surface area contributed by atoms with Gasteiger partial charge >= 0.3 is 0 Å². The van der Waals surface area contributed by atoms with Crippen LogP contribution in [0.1, 0.15) is 42.1 Å². The number of aryl methyl sites for hydroxylation is 2. The molecule has 0 saturated carbocycles. The lowest BCUT2D eigenvalue weighted by atomic mass is 10.0. The second-order valence-corrected chi connectivity index (χ2v) is 5.16. The number of aliphatic hydroxyl groups is 1. The van der Waals surface area contributed by atoms with Crippen LogP contribution in [-0.4, -0.2) is 5.11 Å². The van der Waals surface area contributed by atoms with Gasteiger partial charge in [0.05, 0.1) is 6.10 Å². The van der Waals surface area contributed by atoms with Crippen LogP contribution in [0.15, 0.2) is 54.6 Å². The molecule has 0 aliphatic carbocycles. The van der Waals surface area contributed by atoms with Crippen molar-refractivity contribution in [2.45, 2.75) is 38.7 Å². The molecule has 0 bridgehead atoms. The Morgan fingerprint density at radius 2 is 1.58 bits per heavy atom. The molecule has 0 saturated heterocycles. The van der Waals surface area contributed by atoms with Crippen molar-refractivity contribution in [1.29, 1.82) is 0 Å². The van der Waals surface area contributed by atoms with Crippen molar-refractivity contribution >= 4 is 0 Å². The molecule has 0 aromatic heterocycles. The average molecular weight is 254 g/mol. The van der Waals surface area contributed by atoms with Gasteiger partial charge in [0.15, 0.2) is 0 Å². The molecular formula is C18H22O.